The standard InChI is InChI=1S/C16H14ClN3O4S2/c17-12-1-3-13(4-2-12)26(22,23)10-14-19-16(24-20-14)15(21)18-7-5-11-6-8-25-9-11/h1-4,6,8-9H,5,7,10H2,(H,18,21). The van der Waals surface area contributed by atoms with E-state index in [4.69, 9.17) is 16.1 Å². The van der Waals surface area contributed by atoms with E-state index in [0.29, 0.717) is 18.0 Å². The highest BCUT2D eigenvalue weighted by atomic mass is 35.5. The van der Waals surface area contributed by atoms with Crippen molar-refractivity contribution in [2.75, 3.05) is 6.54 Å². The topological polar surface area (TPSA) is 102 Å². The summed E-state index contributed by atoms with van der Waals surface area (Å²) in [5.41, 5.74) is 1.12. The lowest BCUT2D eigenvalue weighted by molar-refractivity contribution is 0.0910. The summed E-state index contributed by atoms with van der Waals surface area (Å²) in [6.45, 7) is 0.413. The monoisotopic (exact) mass is 411 g/mol. The Balaban J connectivity index is 1.60. The molecule has 0 aliphatic heterocycles. The minimum absolute atomic E-state index is 0.0806. The van der Waals surface area contributed by atoms with Crippen molar-refractivity contribution >= 4 is 38.7 Å². The van der Waals surface area contributed by atoms with Crippen molar-refractivity contribution in [2.24, 2.45) is 0 Å². The second kappa shape index (κ2) is 7.98. The van der Waals surface area contributed by atoms with Crippen LogP contribution in [0.25, 0.3) is 0 Å². The van der Waals surface area contributed by atoms with Gasteiger partial charge in [0, 0.05) is 11.6 Å². The first-order chi connectivity index (χ1) is 12.4. The highest BCUT2D eigenvalue weighted by Crippen LogP contribution is 2.18. The van der Waals surface area contributed by atoms with Crippen LogP contribution in [0.4, 0.5) is 0 Å². The molecule has 0 atom stereocenters. The van der Waals surface area contributed by atoms with Crippen LogP contribution < -0.4 is 5.32 Å². The number of halogens is 1. The number of thiophene rings is 1. The third kappa shape index (κ3) is 4.69. The number of benzene rings is 1. The molecule has 0 saturated heterocycles. The van der Waals surface area contributed by atoms with E-state index in [2.05, 4.69) is 15.5 Å². The second-order valence-electron chi connectivity index (χ2n) is 5.37. The summed E-state index contributed by atoms with van der Waals surface area (Å²) >= 11 is 7.34. The number of carbonyl (C=O) groups excluding carboxylic acids is 1. The molecule has 2 heterocycles. The van der Waals surface area contributed by atoms with Crippen molar-refractivity contribution in [3.8, 4) is 0 Å². The van der Waals surface area contributed by atoms with E-state index in [9.17, 15) is 13.2 Å². The third-order valence-corrected chi connectivity index (χ3v) is 6.05. The molecule has 136 valence electrons. The summed E-state index contributed by atoms with van der Waals surface area (Å²) in [6, 6.07) is 7.74. The number of carbonyl (C=O) groups is 1. The molecule has 0 aliphatic rings. The first-order valence-corrected chi connectivity index (χ1v) is 10.5. The molecule has 0 unspecified atom stereocenters. The Kier molecular flexibility index (Phi) is 5.70. The van der Waals surface area contributed by atoms with Gasteiger partial charge in [0.2, 0.25) is 0 Å². The van der Waals surface area contributed by atoms with E-state index < -0.39 is 21.5 Å². The van der Waals surface area contributed by atoms with Crippen molar-refractivity contribution in [2.45, 2.75) is 17.1 Å². The molecule has 3 aromatic rings. The van der Waals surface area contributed by atoms with E-state index in [1.54, 1.807) is 11.3 Å². The lowest BCUT2D eigenvalue weighted by Gasteiger charge is -2.01. The SMILES string of the molecule is O=C(NCCc1ccsc1)c1nc(CS(=O)(=O)c2ccc(Cl)cc2)no1. The summed E-state index contributed by atoms with van der Waals surface area (Å²) < 4.78 is 29.5. The fourth-order valence-corrected chi connectivity index (χ4v) is 4.13. The molecule has 10 heteroatoms. The van der Waals surface area contributed by atoms with Gasteiger partial charge in [-0.15, -0.1) is 0 Å². The van der Waals surface area contributed by atoms with Crippen molar-refractivity contribution in [3.05, 3.63) is 63.4 Å². The van der Waals surface area contributed by atoms with Gasteiger partial charge in [-0.1, -0.05) is 16.8 Å². The minimum atomic E-state index is -3.66. The predicted molar refractivity (Wildman–Crippen MR) is 97.0 cm³/mol. The third-order valence-electron chi connectivity index (χ3n) is 3.43. The van der Waals surface area contributed by atoms with E-state index in [0.717, 1.165) is 5.56 Å². The van der Waals surface area contributed by atoms with Crippen LogP contribution in [-0.4, -0.2) is 31.0 Å². The normalized spacial score (nSPS) is 11.4. The maximum absolute atomic E-state index is 12.3. The summed E-state index contributed by atoms with van der Waals surface area (Å²) in [6.07, 6.45) is 0.682. The zero-order chi connectivity index (χ0) is 18.6. The first kappa shape index (κ1) is 18.6. The molecule has 2 aromatic heterocycles. The number of rotatable bonds is 7. The van der Waals surface area contributed by atoms with Crippen LogP contribution in [0, 0.1) is 0 Å². The van der Waals surface area contributed by atoms with Crippen molar-refractivity contribution in [1.29, 1.82) is 0 Å². The number of hydrogen-bond acceptors (Lipinski definition) is 7. The quantitative estimate of drug-likeness (QED) is 0.641. The van der Waals surface area contributed by atoms with Crippen molar-refractivity contribution < 1.29 is 17.7 Å². The smallest absolute Gasteiger partial charge is 0.315 e. The van der Waals surface area contributed by atoms with Gasteiger partial charge in [-0.2, -0.15) is 16.3 Å². The summed E-state index contributed by atoms with van der Waals surface area (Å²) in [5.74, 6) is -1.36. The molecular formula is C16H14ClN3O4S2. The van der Waals surface area contributed by atoms with Gasteiger partial charge >= 0.3 is 11.8 Å². The van der Waals surface area contributed by atoms with Gasteiger partial charge in [-0.25, -0.2) is 8.42 Å². The molecule has 0 aliphatic carbocycles. The fourth-order valence-electron chi connectivity index (χ4n) is 2.13. The largest absolute Gasteiger partial charge is 0.347 e. The molecule has 0 saturated carbocycles. The molecule has 1 aromatic carbocycles. The molecule has 0 bridgehead atoms. The Morgan fingerprint density at radius 2 is 2.00 bits per heavy atom. The zero-order valence-corrected chi connectivity index (χ0v) is 15.8. The number of nitrogens with one attached hydrogen (secondary N) is 1. The molecule has 7 nitrogen and oxygen atoms in total. The van der Waals surface area contributed by atoms with Gasteiger partial charge in [0.05, 0.1) is 4.90 Å². The number of amides is 1. The Hall–Kier alpha value is -2.23. The highest BCUT2D eigenvalue weighted by Gasteiger charge is 2.21. The van der Waals surface area contributed by atoms with Gasteiger partial charge in [0.25, 0.3) is 0 Å². The molecule has 0 fully saturated rings. The van der Waals surface area contributed by atoms with Gasteiger partial charge in [-0.3, -0.25) is 4.79 Å². The molecule has 1 N–H and O–H groups in total. The molecule has 0 spiro atoms. The number of aromatic nitrogens is 2. The number of sulfone groups is 1. The molecule has 1 amide bonds. The van der Waals surface area contributed by atoms with Crippen LogP contribution in [0.2, 0.25) is 5.02 Å². The van der Waals surface area contributed by atoms with E-state index in [-0.39, 0.29) is 16.6 Å². The number of nitrogens with zero attached hydrogens (tertiary/aromatic N) is 2. The van der Waals surface area contributed by atoms with Gasteiger partial charge < -0.3 is 9.84 Å². The summed E-state index contributed by atoms with van der Waals surface area (Å²) in [5, 5.41) is 10.6. The first-order valence-electron chi connectivity index (χ1n) is 7.54. The van der Waals surface area contributed by atoms with Crippen LogP contribution in [-0.2, 0) is 22.0 Å². The predicted octanol–water partition coefficient (Wildman–Crippen LogP) is 2.73. The minimum Gasteiger partial charge on any atom is -0.347 e. The molecular weight excluding hydrogens is 398 g/mol. The summed E-state index contributed by atoms with van der Waals surface area (Å²) in [7, 11) is -3.66. The Morgan fingerprint density at radius 3 is 2.69 bits per heavy atom. The average molecular weight is 412 g/mol. The van der Waals surface area contributed by atoms with Gasteiger partial charge in [0.1, 0.15) is 5.75 Å². The lowest BCUT2D eigenvalue weighted by Crippen LogP contribution is -2.26. The highest BCUT2D eigenvalue weighted by molar-refractivity contribution is 7.90. The molecule has 3 rings (SSSR count). The van der Waals surface area contributed by atoms with Gasteiger partial charge in [0.15, 0.2) is 15.7 Å². The Bertz CT molecular complexity index is 983. The van der Waals surface area contributed by atoms with E-state index in [1.807, 2.05) is 16.8 Å². The van der Waals surface area contributed by atoms with Crippen molar-refractivity contribution in [3.63, 3.8) is 0 Å². The second-order valence-corrected chi connectivity index (χ2v) is 8.57. The van der Waals surface area contributed by atoms with Crippen LogP contribution in [0.5, 0.6) is 0 Å². The van der Waals surface area contributed by atoms with Crippen LogP contribution >= 0.6 is 22.9 Å². The van der Waals surface area contributed by atoms with Crippen LogP contribution in [0.1, 0.15) is 22.1 Å². The molecule has 26 heavy (non-hydrogen) atoms. The van der Waals surface area contributed by atoms with Crippen LogP contribution in [0.15, 0.2) is 50.5 Å². The zero-order valence-electron chi connectivity index (χ0n) is 13.4. The maximum atomic E-state index is 12.3. The van der Waals surface area contributed by atoms with E-state index in [1.165, 1.54) is 24.3 Å². The molecule has 0 radical (unpaired) electrons. The summed E-state index contributed by atoms with van der Waals surface area (Å²) in [4.78, 5) is 15.9. The fraction of sp³-hybridized carbons (Fsp3) is 0.188. The van der Waals surface area contributed by atoms with E-state index >= 15 is 0 Å². The Labute approximate surface area is 158 Å². The number of hydrogen-bond donors (Lipinski definition) is 1. The van der Waals surface area contributed by atoms with Gasteiger partial charge in [-0.05, 0) is 53.1 Å². The van der Waals surface area contributed by atoms with Crippen LogP contribution in [0.3, 0.4) is 0 Å². The Morgan fingerprint density at radius 1 is 1.23 bits per heavy atom. The maximum Gasteiger partial charge on any atom is 0.315 e. The van der Waals surface area contributed by atoms with Crippen molar-refractivity contribution in [1.82, 2.24) is 15.5 Å². The average Bonchev–Trinajstić information content (AvgIpc) is 3.27. The lowest BCUT2D eigenvalue weighted by atomic mass is 10.2.